The van der Waals surface area contributed by atoms with Crippen molar-refractivity contribution >= 4 is 11.7 Å². The molecule has 0 fully saturated rings. The van der Waals surface area contributed by atoms with E-state index in [4.69, 9.17) is 5.73 Å². The summed E-state index contributed by atoms with van der Waals surface area (Å²) in [7, 11) is 1.41. The number of carbonyl (C=O) groups excluding carboxylic acids is 1. The molecule has 0 aliphatic carbocycles. The molecule has 0 radical (unpaired) electrons. The number of esters is 1. The van der Waals surface area contributed by atoms with Gasteiger partial charge in [0.2, 0.25) is 0 Å². The molecule has 0 heterocycles. The second-order valence-electron chi connectivity index (χ2n) is 4.03. The number of rotatable bonds is 6. The Bertz CT molecular complexity index is 349. The van der Waals surface area contributed by atoms with Crippen molar-refractivity contribution in [3.63, 3.8) is 0 Å². The third-order valence-corrected chi connectivity index (χ3v) is 2.51. The Hall–Kier alpha value is -1.55. The lowest BCUT2D eigenvalue weighted by molar-refractivity contribution is -0.142. The van der Waals surface area contributed by atoms with Gasteiger partial charge >= 0.3 is 5.97 Å². The van der Waals surface area contributed by atoms with Crippen molar-refractivity contribution in [1.82, 2.24) is 4.90 Å². The van der Waals surface area contributed by atoms with Crippen LogP contribution in [0.2, 0.25) is 0 Å². The lowest BCUT2D eigenvalue weighted by Gasteiger charge is -2.20. The number of nitrogens with zero attached hydrogens (tertiary/aromatic N) is 1. The maximum Gasteiger partial charge on any atom is 0.319 e. The number of nitrogens with two attached hydrogens (primary N) is 1. The molecule has 0 amide bonds. The fourth-order valence-corrected chi connectivity index (χ4v) is 1.66. The standard InChI is InChI=1S/C13H20N2O2/c1-3-8-15(10-13(16)17-2)9-11-4-6-12(14)7-5-11/h4-7H,3,8-10,14H2,1-2H3. The van der Waals surface area contributed by atoms with Gasteiger partial charge < -0.3 is 10.5 Å². The Kier molecular flexibility index (Phi) is 5.49. The Labute approximate surface area is 102 Å². The minimum atomic E-state index is -0.200. The van der Waals surface area contributed by atoms with Crippen LogP contribution in [0, 0.1) is 0 Å². The summed E-state index contributed by atoms with van der Waals surface area (Å²) in [4.78, 5) is 13.3. The van der Waals surface area contributed by atoms with Gasteiger partial charge in [-0.05, 0) is 30.7 Å². The third kappa shape index (κ3) is 4.87. The SMILES string of the molecule is CCCN(CC(=O)OC)Cc1ccc(N)cc1. The first kappa shape index (κ1) is 13.5. The summed E-state index contributed by atoms with van der Waals surface area (Å²) in [6, 6.07) is 7.71. The Morgan fingerprint density at radius 2 is 2.00 bits per heavy atom. The average Bonchev–Trinajstić information content (AvgIpc) is 2.32. The van der Waals surface area contributed by atoms with E-state index in [9.17, 15) is 4.79 Å². The van der Waals surface area contributed by atoms with Crippen LogP contribution in [0.25, 0.3) is 0 Å². The highest BCUT2D eigenvalue weighted by Gasteiger charge is 2.10. The fourth-order valence-electron chi connectivity index (χ4n) is 1.66. The molecule has 1 aromatic carbocycles. The molecular weight excluding hydrogens is 216 g/mol. The fraction of sp³-hybridized carbons (Fsp3) is 0.462. The number of benzene rings is 1. The van der Waals surface area contributed by atoms with Crippen molar-refractivity contribution in [3.8, 4) is 0 Å². The number of ether oxygens (including phenoxy) is 1. The molecule has 94 valence electrons. The second kappa shape index (κ2) is 6.91. The van der Waals surface area contributed by atoms with Crippen molar-refractivity contribution in [3.05, 3.63) is 29.8 Å². The maximum atomic E-state index is 11.3. The van der Waals surface area contributed by atoms with Gasteiger partial charge in [-0.1, -0.05) is 19.1 Å². The summed E-state index contributed by atoms with van der Waals surface area (Å²) in [5.41, 5.74) is 7.53. The van der Waals surface area contributed by atoms with E-state index in [1.165, 1.54) is 7.11 Å². The summed E-state index contributed by atoms with van der Waals surface area (Å²) in [6.07, 6.45) is 1.01. The molecule has 0 aliphatic heterocycles. The van der Waals surface area contributed by atoms with Gasteiger partial charge in [-0.3, -0.25) is 9.69 Å². The highest BCUT2D eigenvalue weighted by molar-refractivity contribution is 5.71. The Balaban J connectivity index is 2.59. The minimum absolute atomic E-state index is 0.200. The zero-order valence-corrected chi connectivity index (χ0v) is 10.5. The first-order chi connectivity index (χ1) is 8.15. The van der Waals surface area contributed by atoms with E-state index in [-0.39, 0.29) is 5.97 Å². The van der Waals surface area contributed by atoms with Gasteiger partial charge in [-0.25, -0.2) is 0 Å². The molecule has 1 rings (SSSR count). The Morgan fingerprint density at radius 3 is 2.53 bits per heavy atom. The van der Waals surface area contributed by atoms with Gasteiger partial charge in [-0.2, -0.15) is 0 Å². The topological polar surface area (TPSA) is 55.6 Å². The molecular formula is C13H20N2O2. The van der Waals surface area contributed by atoms with E-state index in [0.29, 0.717) is 6.54 Å². The van der Waals surface area contributed by atoms with E-state index in [1.807, 2.05) is 24.3 Å². The van der Waals surface area contributed by atoms with Crippen LogP contribution < -0.4 is 5.73 Å². The average molecular weight is 236 g/mol. The first-order valence-electron chi connectivity index (χ1n) is 5.79. The van der Waals surface area contributed by atoms with E-state index >= 15 is 0 Å². The molecule has 0 spiro atoms. The molecule has 1 aromatic rings. The van der Waals surface area contributed by atoms with Crippen molar-refractivity contribution in [2.75, 3.05) is 25.9 Å². The largest absolute Gasteiger partial charge is 0.468 e. The molecule has 0 atom stereocenters. The van der Waals surface area contributed by atoms with E-state index in [0.717, 1.165) is 30.8 Å². The summed E-state index contributed by atoms with van der Waals surface area (Å²) in [5, 5.41) is 0. The molecule has 4 nitrogen and oxygen atoms in total. The second-order valence-corrected chi connectivity index (χ2v) is 4.03. The minimum Gasteiger partial charge on any atom is -0.468 e. The monoisotopic (exact) mass is 236 g/mol. The van der Waals surface area contributed by atoms with Crippen LogP contribution in [0.15, 0.2) is 24.3 Å². The molecule has 2 N–H and O–H groups in total. The lowest BCUT2D eigenvalue weighted by Crippen LogP contribution is -2.30. The van der Waals surface area contributed by atoms with Crippen LogP contribution >= 0.6 is 0 Å². The van der Waals surface area contributed by atoms with Crippen molar-refractivity contribution < 1.29 is 9.53 Å². The molecule has 17 heavy (non-hydrogen) atoms. The van der Waals surface area contributed by atoms with Gasteiger partial charge in [0.25, 0.3) is 0 Å². The van der Waals surface area contributed by atoms with Crippen LogP contribution in [-0.4, -0.2) is 31.1 Å². The smallest absolute Gasteiger partial charge is 0.319 e. The van der Waals surface area contributed by atoms with E-state index < -0.39 is 0 Å². The van der Waals surface area contributed by atoms with E-state index in [2.05, 4.69) is 16.6 Å². The molecule has 0 bridgehead atoms. The molecule has 0 saturated carbocycles. The number of hydrogen-bond donors (Lipinski definition) is 1. The third-order valence-electron chi connectivity index (χ3n) is 2.51. The molecule has 4 heteroatoms. The zero-order valence-electron chi connectivity index (χ0n) is 10.5. The van der Waals surface area contributed by atoms with Crippen molar-refractivity contribution in [2.24, 2.45) is 0 Å². The number of anilines is 1. The van der Waals surface area contributed by atoms with E-state index in [1.54, 1.807) is 0 Å². The van der Waals surface area contributed by atoms with Crippen LogP contribution in [0.5, 0.6) is 0 Å². The van der Waals surface area contributed by atoms with Crippen LogP contribution in [0.1, 0.15) is 18.9 Å². The molecule has 0 unspecified atom stereocenters. The summed E-state index contributed by atoms with van der Waals surface area (Å²) < 4.78 is 4.68. The van der Waals surface area contributed by atoms with Crippen molar-refractivity contribution in [2.45, 2.75) is 19.9 Å². The van der Waals surface area contributed by atoms with Crippen molar-refractivity contribution in [1.29, 1.82) is 0 Å². The first-order valence-corrected chi connectivity index (χ1v) is 5.79. The van der Waals surface area contributed by atoms with Gasteiger partial charge in [0.1, 0.15) is 0 Å². The summed E-state index contributed by atoms with van der Waals surface area (Å²) in [5.74, 6) is -0.200. The summed E-state index contributed by atoms with van der Waals surface area (Å²) >= 11 is 0. The zero-order chi connectivity index (χ0) is 12.7. The predicted octanol–water partition coefficient (Wildman–Crippen LogP) is 1.65. The Morgan fingerprint density at radius 1 is 1.35 bits per heavy atom. The highest BCUT2D eigenvalue weighted by atomic mass is 16.5. The summed E-state index contributed by atoms with van der Waals surface area (Å²) in [6.45, 7) is 4.03. The van der Waals surface area contributed by atoms with Gasteiger partial charge in [0, 0.05) is 12.2 Å². The highest BCUT2D eigenvalue weighted by Crippen LogP contribution is 2.09. The van der Waals surface area contributed by atoms with Gasteiger partial charge in [0.15, 0.2) is 0 Å². The van der Waals surface area contributed by atoms with Crippen LogP contribution in [0.3, 0.4) is 0 Å². The van der Waals surface area contributed by atoms with Gasteiger partial charge in [-0.15, -0.1) is 0 Å². The molecule has 0 aliphatic rings. The van der Waals surface area contributed by atoms with Gasteiger partial charge in [0.05, 0.1) is 13.7 Å². The van der Waals surface area contributed by atoms with Crippen LogP contribution in [0.4, 0.5) is 5.69 Å². The number of nitrogen functional groups attached to an aromatic ring is 1. The quantitative estimate of drug-likeness (QED) is 0.603. The number of hydrogen-bond acceptors (Lipinski definition) is 4. The maximum absolute atomic E-state index is 11.3. The molecule has 0 saturated heterocycles. The number of methoxy groups -OCH3 is 1. The lowest BCUT2D eigenvalue weighted by atomic mass is 10.2. The number of carbonyl (C=O) groups is 1. The normalized spacial score (nSPS) is 10.5. The predicted molar refractivity (Wildman–Crippen MR) is 68.4 cm³/mol. The molecule has 0 aromatic heterocycles. The van der Waals surface area contributed by atoms with Crippen LogP contribution in [-0.2, 0) is 16.1 Å².